The number of fused-ring (bicyclic) bond motifs is 3. The van der Waals surface area contributed by atoms with Crippen molar-refractivity contribution in [2.45, 2.75) is 126 Å². The quantitative estimate of drug-likeness (QED) is 0.198. The molecule has 0 nitrogen and oxygen atoms in total. The largest absolute Gasteiger partial charge is 1.00 e. The molecule has 2 aliphatic carbocycles. The molecule has 0 radical (unpaired) electrons. The maximum Gasteiger partial charge on any atom is -0.0142 e. The Hall–Kier alpha value is -1.66. The third kappa shape index (κ3) is 10.4. The van der Waals surface area contributed by atoms with Crippen LogP contribution in [0.5, 0.6) is 0 Å². The third-order valence-electron chi connectivity index (χ3n) is 10.1. The van der Waals surface area contributed by atoms with Crippen molar-refractivity contribution in [3.63, 3.8) is 0 Å². The van der Waals surface area contributed by atoms with Crippen molar-refractivity contribution in [1.82, 2.24) is 0 Å². The smallest absolute Gasteiger partial charge is 0.0142 e. The van der Waals surface area contributed by atoms with Gasteiger partial charge >= 0.3 is 76.7 Å². The Labute approximate surface area is 320 Å². The van der Waals surface area contributed by atoms with Gasteiger partial charge in [-0.2, -0.15) is 11.6 Å². The summed E-state index contributed by atoms with van der Waals surface area (Å²) in [5, 5.41) is 5.55. The number of halogens is 2. The maximum absolute atomic E-state index is 3.37. The number of benzene rings is 3. The van der Waals surface area contributed by atoms with Crippen LogP contribution in [0.25, 0.3) is 21.5 Å². The van der Waals surface area contributed by atoms with Gasteiger partial charge in [0.15, 0.2) is 0 Å². The van der Waals surface area contributed by atoms with E-state index < -0.39 is 0 Å². The molecule has 0 aromatic heterocycles. The molecule has 0 spiro atoms. The van der Waals surface area contributed by atoms with Crippen LogP contribution in [0.2, 0.25) is 0 Å². The number of hydrogen-bond acceptors (Lipinski definition) is 0. The summed E-state index contributed by atoms with van der Waals surface area (Å²) in [6.07, 6.45) is 16.2. The fourth-order valence-corrected chi connectivity index (χ4v) is 7.79. The van der Waals surface area contributed by atoms with Gasteiger partial charge in [-0.1, -0.05) is 133 Å². The summed E-state index contributed by atoms with van der Waals surface area (Å²) in [6, 6.07) is 22.5. The molecule has 48 heavy (non-hydrogen) atoms. The number of allylic oxidation sites excluding steroid dienone is 4. The van der Waals surface area contributed by atoms with Crippen LogP contribution >= 0.6 is 0 Å². The molecule has 258 valence electrons. The van der Waals surface area contributed by atoms with Crippen molar-refractivity contribution in [3.8, 4) is 0 Å². The van der Waals surface area contributed by atoms with Gasteiger partial charge in [-0.25, -0.2) is 6.08 Å². The van der Waals surface area contributed by atoms with Gasteiger partial charge in [0.25, 0.3) is 0 Å². The second-order valence-corrected chi connectivity index (χ2v) is 17.7. The zero-order valence-electron chi connectivity index (χ0n) is 31.5. The van der Waals surface area contributed by atoms with Crippen molar-refractivity contribution < 1.29 is 49.0 Å². The number of rotatable bonds is 3. The molecule has 0 aliphatic heterocycles. The van der Waals surface area contributed by atoms with E-state index in [1.165, 1.54) is 112 Å². The van der Waals surface area contributed by atoms with E-state index >= 15 is 0 Å². The Kier molecular flexibility index (Phi) is 15.5. The first-order chi connectivity index (χ1) is 21.5. The summed E-state index contributed by atoms with van der Waals surface area (Å²) in [5.41, 5.74) is 9.50. The van der Waals surface area contributed by atoms with E-state index in [0.717, 1.165) is 0 Å². The minimum Gasteiger partial charge on any atom is -1.00 e. The van der Waals surface area contributed by atoms with Gasteiger partial charge in [-0.3, -0.25) is 6.08 Å². The summed E-state index contributed by atoms with van der Waals surface area (Å²) in [7, 11) is 0. The fraction of sp³-hybridized carbons (Fsp3) is 0.467. The molecule has 0 heterocycles. The van der Waals surface area contributed by atoms with Crippen molar-refractivity contribution in [2.24, 2.45) is 11.3 Å². The van der Waals surface area contributed by atoms with Crippen molar-refractivity contribution in [1.29, 1.82) is 0 Å². The third-order valence-corrected chi connectivity index (χ3v) is 11.6. The van der Waals surface area contributed by atoms with Gasteiger partial charge < -0.3 is 24.8 Å². The summed E-state index contributed by atoms with van der Waals surface area (Å²) in [4.78, 5) is 0. The minimum absolute atomic E-state index is 0. The van der Waals surface area contributed by atoms with Gasteiger partial charge in [0.05, 0.1) is 0 Å². The van der Waals surface area contributed by atoms with Crippen LogP contribution in [-0.4, -0.2) is 3.21 Å². The first-order valence-electron chi connectivity index (χ1n) is 17.6. The van der Waals surface area contributed by atoms with Gasteiger partial charge in [-0.15, -0.1) is 39.7 Å². The summed E-state index contributed by atoms with van der Waals surface area (Å²) in [6.45, 7) is 25.1. The molecular formula is C45H58Cl2Zr-2. The van der Waals surface area contributed by atoms with Crippen LogP contribution in [0.3, 0.4) is 0 Å². The Morgan fingerprint density at radius 1 is 0.812 bits per heavy atom. The van der Waals surface area contributed by atoms with E-state index in [1.54, 1.807) is 8.78 Å². The van der Waals surface area contributed by atoms with Crippen molar-refractivity contribution >= 4 is 24.8 Å². The zero-order valence-corrected chi connectivity index (χ0v) is 35.5. The Bertz CT molecular complexity index is 1640. The van der Waals surface area contributed by atoms with E-state index in [9.17, 15) is 0 Å². The first-order valence-corrected chi connectivity index (χ1v) is 18.9. The van der Waals surface area contributed by atoms with Crippen LogP contribution in [0.15, 0.2) is 78.4 Å². The topological polar surface area (TPSA) is 0 Å². The molecule has 2 aliphatic rings. The van der Waals surface area contributed by atoms with E-state index in [0.29, 0.717) is 11.3 Å². The molecule has 0 N–H and O–H groups in total. The van der Waals surface area contributed by atoms with Gasteiger partial charge in [0.1, 0.15) is 0 Å². The van der Waals surface area contributed by atoms with Crippen molar-refractivity contribution in [3.05, 3.63) is 112 Å². The SMILES string of the molecule is CC1[C-]=CC(C2(C)CCCCC2)=C1.CC[C](=[Zr+2])c1ccccc1.Cc1cc2[cH-]c3cc(C)c(C(C)(C)C)cc3c2cc1C(C)(C)C.[Cl-].[Cl-]. The molecule has 1 unspecified atom stereocenters. The monoisotopic (exact) mass is 758 g/mol. The molecule has 3 heteroatoms. The molecular weight excluding hydrogens is 703 g/mol. The van der Waals surface area contributed by atoms with Crippen molar-refractivity contribution in [2.75, 3.05) is 0 Å². The van der Waals surface area contributed by atoms with Crippen LogP contribution in [0.4, 0.5) is 0 Å². The Morgan fingerprint density at radius 3 is 1.69 bits per heavy atom. The second kappa shape index (κ2) is 17.5. The summed E-state index contributed by atoms with van der Waals surface area (Å²) < 4.78 is 1.55. The summed E-state index contributed by atoms with van der Waals surface area (Å²) >= 11 is 1.54. The van der Waals surface area contributed by atoms with E-state index in [-0.39, 0.29) is 35.6 Å². The molecule has 4 aromatic carbocycles. The molecule has 1 atom stereocenters. The summed E-state index contributed by atoms with van der Waals surface area (Å²) in [5.74, 6) is 0.550. The van der Waals surface area contributed by atoms with Gasteiger partial charge in [0.2, 0.25) is 0 Å². The number of hydrogen-bond donors (Lipinski definition) is 0. The average Bonchev–Trinajstić information content (AvgIpc) is 3.59. The molecule has 1 fully saturated rings. The molecule has 0 saturated heterocycles. The molecule has 0 bridgehead atoms. The van der Waals surface area contributed by atoms with Crippen LogP contribution in [-0.2, 0) is 35.1 Å². The average molecular weight is 761 g/mol. The second-order valence-electron chi connectivity index (χ2n) is 16.2. The zero-order chi connectivity index (χ0) is 33.9. The van der Waals surface area contributed by atoms with Gasteiger partial charge in [0, 0.05) is 0 Å². The minimum atomic E-state index is 0. The van der Waals surface area contributed by atoms with Crippen LogP contribution in [0.1, 0.15) is 129 Å². The molecule has 6 rings (SSSR count). The van der Waals surface area contributed by atoms with E-state index in [4.69, 9.17) is 0 Å². The standard InChI is InChI=1S/C23H29.C13H19.C9H10.2ClH.Zr/c1-14-9-16-11-17-10-15(2)21(23(6,7)8)13-19(17)18(16)12-20(14)22(3,4)5;1-11-6-7-12(10-11)13(2)8-4-3-5-9-13;1-2-6-9-7-4-3-5-8-9;;;/h9-13H,1-8H3;7,10-11H,3-5,8-9H2,1-2H3;3-5,7-8H,2H2,1H3;2*1H;/q2*-1;;;;+2/p-2. The normalized spacial score (nSPS) is 16.9. The van der Waals surface area contributed by atoms with E-state index in [2.05, 4.69) is 155 Å². The Balaban J connectivity index is 0.000000272. The molecule has 4 aromatic rings. The predicted octanol–water partition coefficient (Wildman–Crippen LogP) is 6.99. The number of aryl methyl sites for hydroxylation is 2. The van der Waals surface area contributed by atoms with Gasteiger partial charge in [-0.05, 0) is 24.7 Å². The van der Waals surface area contributed by atoms with Crippen LogP contribution in [0, 0.1) is 31.3 Å². The van der Waals surface area contributed by atoms with E-state index in [1.807, 2.05) is 0 Å². The molecule has 1 saturated carbocycles. The molecule has 0 amide bonds. The maximum atomic E-state index is 3.37. The van der Waals surface area contributed by atoms with Crippen LogP contribution < -0.4 is 24.8 Å². The first kappa shape index (κ1) is 42.5. The predicted molar refractivity (Wildman–Crippen MR) is 201 cm³/mol. The fourth-order valence-electron chi connectivity index (χ4n) is 7.38. The Morgan fingerprint density at radius 2 is 1.29 bits per heavy atom.